The molecule has 4 aromatic rings. The van der Waals surface area contributed by atoms with Crippen LogP contribution in [0, 0.1) is 5.92 Å². The second-order valence-corrected chi connectivity index (χ2v) is 12.8. The molecule has 0 radical (unpaired) electrons. The minimum Gasteiger partial charge on any atom is -0.458 e. The number of hydrogen-bond acceptors (Lipinski definition) is 8. The molecule has 2 unspecified atom stereocenters. The Bertz CT molecular complexity index is 1600. The number of benzene rings is 2. The number of para-hydroxylation sites is 1. The number of anilines is 1. The number of esters is 1. The van der Waals surface area contributed by atoms with Crippen LogP contribution in [0.5, 0.6) is 0 Å². The lowest BCUT2D eigenvalue weighted by atomic mass is 9.91. The molecule has 2 aromatic heterocycles. The van der Waals surface area contributed by atoms with Gasteiger partial charge in [-0.25, -0.2) is 17.2 Å². The molecule has 0 bridgehead atoms. The van der Waals surface area contributed by atoms with E-state index in [1.807, 2.05) is 6.07 Å². The monoisotopic (exact) mass is 549 g/mol. The highest BCUT2D eigenvalue weighted by Gasteiger charge is 2.47. The van der Waals surface area contributed by atoms with E-state index in [1.165, 1.54) is 30.3 Å². The first kappa shape index (κ1) is 26.0. The van der Waals surface area contributed by atoms with Crippen LogP contribution < -0.4 is 4.31 Å². The van der Waals surface area contributed by atoms with E-state index in [-0.39, 0.29) is 16.2 Å². The van der Waals surface area contributed by atoms with E-state index in [0.29, 0.717) is 22.3 Å². The number of rotatable bonds is 6. The number of ether oxygens (including phenoxy) is 1. The zero-order valence-corrected chi connectivity index (χ0v) is 22.8. The topological polar surface area (TPSA) is 98.6 Å². The Morgan fingerprint density at radius 1 is 1.00 bits per heavy atom. The Hall–Kier alpha value is -3.63. The quantitative estimate of drug-likeness (QED) is 0.189. The third-order valence-electron chi connectivity index (χ3n) is 6.16. The van der Waals surface area contributed by atoms with E-state index in [4.69, 9.17) is 4.74 Å². The predicted octanol–water partition coefficient (Wildman–Crippen LogP) is 4.95. The summed E-state index contributed by atoms with van der Waals surface area (Å²) in [6.07, 6.45) is 4.64. The lowest BCUT2D eigenvalue weighted by Crippen LogP contribution is -2.44. The molecule has 38 heavy (non-hydrogen) atoms. The lowest BCUT2D eigenvalue weighted by Gasteiger charge is -2.29. The van der Waals surface area contributed by atoms with Gasteiger partial charge in [0, 0.05) is 29.1 Å². The van der Waals surface area contributed by atoms with Crippen LogP contribution in [-0.2, 0) is 19.6 Å². The summed E-state index contributed by atoms with van der Waals surface area (Å²) in [6.45, 7) is 5.33. The normalized spacial score (nSPS) is 18.0. The highest BCUT2D eigenvalue weighted by molar-refractivity contribution is 8.01. The predicted molar refractivity (Wildman–Crippen MR) is 148 cm³/mol. The Morgan fingerprint density at radius 3 is 2.39 bits per heavy atom. The highest BCUT2D eigenvalue weighted by Crippen LogP contribution is 2.40. The van der Waals surface area contributed by atoms with Gasteiger partial charge in [-0.1, -0.05) is 36.4 Å². The average molecular weight is 550 g/mol. The third-order valence-corrected chi connectivity index (χ3v) is 9.07. The van der Waals surface area contributed by atoms with Gasteiger partial charge in [0.05, 0.1) is 28.2 Å². The first-order valence-corrected chi connectivity index (χ1v) is 14.5. The minimum absolute atomic E-state index is 0.116. The fourth-order valence-electron chi connectivity index (χ4n) is 4.51. The first-order valence-electron chi connectivity index (χ1n) is 12.1. The van der Waals surface area contributed by atoms with Gasteiger partial charge in [-0.15, -0.1) is 0 Å². The summed E-state index contributed by atoms with van der Waals surface area (Å²) in [5.74, 6) is -1.29. The average Bonchev–Trinajstić information content (AvgIpc) is 3.52. The molecule has 2 aromatic carbocycles. The van der Waals surface area contributed by atoms with Crippen molar-refractivity contribution in [1.82, 2.24) is 8.96 Å². The van der Waals surface area contributed by atoms with Crippen LogP contribution in [-0.4, -0.2) is 46.5 Å². The second kappa shape index (κ2) is 9.92. The van der Waals surface area contributed by atoms with Gasteiger partial charge in [-0.2, -0.15) is 0 Å². The van der Waals surface area contributed by atoms with Crippen LogP contribution in [0.25, 0.3) is 10.9 Å². The van der Waals surface area contributed by atoms with Crippen LogP contribution in [0.1, 0.15) is 31.1 Å². The van der Waals surface area contributed by atoms with E-state index in [1.54, 1.807) is 86.0 Å². The molecule has 1 aliphatic rings. The maximum atomic E-state index is 14.1. The van der Waals surface area contributed by atoms with Crippen molar-refractivity contribution in [1.29, 1.82) is 0 Å². The van der Waals surface area contributed by atoms with E-state index >= 15 is 0 Å². The summed E-state index contributed by atoms with van der Waals surface area (Å²) in [5, 5.41) is 0.504. The summed E-state index contributed by atoms with van der Waals surface area (Å²) in [5.41, 5.74) is 0.562. The molecule has 0 N–H and O–H groups in total. The Balaban J connectivity index is 1.59. The Morgan fingerprint density at radius 2 is 1.71 bits per heavy atom. The van der Waals surface area contributed by atoms with Crippen LogP contribution >= 0.6 is 11.9 Å². The molecular weight excluding hydrogens is 522 g/mol. The van der Waals surface area contributed by atoms with Crippen molar-refractivity contribution in [3.8, 4) is 0 Å². The number of pyridine rings is 1. The molecule has 3 heterocycles. The van der Waals surface area contributed by atoms with Crippen molar-refractivity contribution in [2.45, 2.75) is 37.3 Å². The van der Waals surface area contributed by atoms with E-state index in [2.05, 4.69) is 4.98 Å². The van der Waals surface area contributed by atoms with Crippen molar-refractivity contribution in [2.24, 2.45) is 5.92 Å². The lowest BCUT2D eigenvalue weighted by molar-refractivity contribution is -0.156. The maximum absolute atomic E-state index is 14.1. The molecule has 1 fully saturated rings. The second-order valence-electron chi connectivity index (χ2n) is 9.96. The molecule has 0 amide bonds. The SMILES string of the molecule is CC(C)(C)OC(=O)C1C(C(=O)c2cn(S(=O)(=O)c3ccccc3)c3ccccc23)CSN1c1cccnc1. The van der Waals surface area contributed by atoms with Crippen LogP contribution in [0.3, 0.4) is 0 Å². The summed E-state index contributed by atoms with van der Waals surface area (Å²) in [4.78, 5) is 31.9. The van der Waals surface area contributed by atoms with Gasteiger partial charge in [0.15, 0.2) is 5.78 Å². The molecule has 0 spiro atoms. The van der Waals surface area contributed by atoms with Gasteiger partial charge < -0.3 is 4.74 Å². The molecule has 5 rings (SSSR count). The minimum atomic E-state index is -3.96. The van der Waals surface area contributed by atoms with Crippen LogP contribution in [0.2, 0.25) is 0 Å². The Kier molecular flexibility index (Phi) is 6.79. The number of ketones is 1. The maximum Gasteiger partial charge on any atom is 0.331 e. The van der Waals surface area contributed by atoms with Gasteiger partial charge in [0.2, 0.25) is 0 Å². The summed E-state index contributed by atoms with van der Waals surface area (Å²) in [6, 6.07) is 17.6. The first-order chi connectivity index (χ1) is 18.1. The standard InChI is InChI=1S/C28H27N3O5S2/c1-28(2,3)36-27(33)25-23(18-37-31(25)19-10-9-15-29-16-19)26(32)22-17-30(24-14-8-7-13-21(22)24)38(34,35)20-11-5-4-6-12-20/h4-17,23,25H,18H2,1-3H3. The highest BCUT2D eigenvalue weighted by atomic mass is 32.2. The number of carbonyl (C=O) groups is 2. The zero-order chi connectivity index (χ0) is 27.1. The van der Waals surface area contributed by atoms with Gasteiger partial charge in [0.1, 0.15) is 11.6 Å². The Labute approximate surface area is 225 Å². The smallest absolute Gasteiger partial charge is 0.331 e. The molecular formula is C28H27N3O5S2. The number of fused-ring (bicyclic) bond motifs is 1. The van der Waals surface area contributed by atoms with E-state index in [9.17, 15) is 18.0 Å². The number of carbonyl (C=O) groups excluding carboxylic acids is 2. The molecule has 2 atom stereocenters. The van der Waals surface area contributed by atoms with Crippen molar-refractivity contribution < 1.29 is 22.7 Å². The summed E-state index contributed by atoms with van der Waals surface area (Å²) in [7, 11) is -3.96. The van der Waals surface area contributed by atoms with Crippen LogP contribution in [0.15, 0.2) is 90.2 Å². The molecule has 1 aliphatic heterocycles. The van der Waals surface area contributed by atoms with Crippen molar-refractivity contribution in [3.63, 3.8) is 0 Å². The molecule has 196 valence electrons. The molecule has 1 saturated heterocycles. The third kappa shape index (κ3) is 4.81. The number of aromatic nitrogens is 2. The largest absolute Gasteiger partial charge is 0.458 e. The van der Waals surface area contributed by atoms with Crippen molar-refractivity contribution in [2.75, 3.05) is 10.1 Å². The van der Waals surface area contributed by atoms with E-state index in [0.717, 1.165) is 3.97 Å². The van der Waals surface area contributed by atoms with Crippen LogP contribution in [0.4, 0.5) is 5.69 Å². The van der Waals surface area contributed by atoms with Gasteiger partial charge >= 0.3 is 5.97 Å². The number of hydrogen-bond donors (Lipinski definition) is 0. The van der Waals surface area contributed by atoms with Crippen molar-refractivity contribution >= 4 is 50.3 Å². The van der Waals surface area contributed by atoms with Gasteiger partial charge in [-0.05, 0) is 63.1 Å². The molecule has 0 aliphatic carbocycles. The number of Topliss-reactive ketones (excluding diaryl/α,β-unsaturated/α-hetero) is 1. The molecule has 8 nitrogen and oxygen atoms in total. The fraction of sp³-hybridized carbons (Fsp3) is 0.250. The fourth-order valence-corrected chi connectivity index (χ4v) is 7.20. The summed E-state index contributed by atoms with van der Waals surface area (Å²) < 4.78 is 35.7. The van der Waals surface area contributed by atoms with E-state index < -0.39 is 33.6 Å². The zero-order valence-electron chi connectivity index (χ0n) is 21.1. The van der Waals surface area contributed by atoms with Gasteiger partial charge in [0.25, 0.3) is 10.0 Å². The molecule has 0 saturated carbocycles. The van der Waals surface area contributed by atoms with Crippen molar-refractivity contribution in [3.05, 3.63) is 90.9 Å². The number of nitrogens with zero attached hydrogens (tertiary/aromatic N) is 3. The molecule has 10 heteroatoms. The summed E-state index contributed by atoms with van der Waals surface area (Å²) >= 11 is 1.35. The van der Waals surface area contributed by atoms with Gasteiger partial charge in [-0.3, -0.25) is 14.1 Å².